The van der Waals surface area contributed by atoms with Crippen LogP contribution < -0.4 is 5.32 Å². The molecule has 4 heteroatoms. The molecule has 18 heavy (non-hydrogen) atoms. The van der Waals surface area contributed by atoms with E-state index in [1.54, 1.807) is 0 Å². The fraction of sp³-hybridized carbons (Fsp3) is 0.571. The summed E-state index contributed by atoms with van der Waals surface area (Å²) in [6.07, 6.45) is 3.61. The van der Waals surface area contributed by atoms with E-state index in [1.807, 2.05) is 25.1 Å². The van der Waals surface area contributed by atoms with E-state index in [9.17, 15) is 4.79 Å². The van der Waals surface area contributed by atoms with Gasteiger partial charge in [-0.3, -0.25) is 9.69 Å². The number of rotatable bonds is 2. The van der Waals surface area contributed by atoms with Crippen LogP contribution in [0.25, 0.3) is 0 Å². The summed E-state index contributed by atoms with van der Waals surface area (Å²) in [4.78, 5) is 18.9. The van der Waals surface area contributed by atoms with Gasteiger partial charge in [-0.15, -0.1) is 0 Å². The van der Waals surface area contributed by atoms with E-state index in [-0.39, 0.29) is 11.9 Å². The number of likely N-dealkylation sites (N-methyl/N-ethyl adjacent to an activating group) is 1. The molecule has 0 spiro atoms. The molecule has 96 valence electrons. The Labute approximate surface area is 107 Å². The van der Waals surface area contributed by atoms with Gasteiger partial charge in [0.2, 0.25) is 5.91 Å². The summed E-state index contributed by atoms with van der Waals surface area (Å²) >= 11 is 0. The molecule has 1 saturated carbocycles. The highest BCUT2D eigenvalue weighted by atomic mass is 16.2. The summed E-state index contributed by atoms with van der Waals surface area (Å²) in [5.41, 5.74) is 0.925. The first-order valence-corrected chi connectivity index (χ1v) is 6.61. The summed E-state index contributed by atoms with van der Waals surface area (Å²) < 4.78 is 0. The normalized spacial score (nSPS) is 30.7. The van der Waals surface area contributed by atoms with E-state index in [2.05, 4.69) is 22.2 Å². The molecule has 0 aromatic carbocycles. The zero-order valence-electron chi connectivity index (χ0n) is 10.9. The van der Waals surface area contributed by atoms with Crippen molar-refractivity contribution in [1.82, 2.24) is 9.88 Å². The number of hydrogen-bond donors (Lipinski definition) is 1. The predicted octanol–water partition coefficient (Wildman–Crippen LogP) is 1.81. The van der Waals surface area contributed by atoms with Gasteiger partial charge in [0.15, 0.2) is 0 Å². The number of likely N-dealkylation sites (tertiary alicyclic amines) is 1. The van der Waals surface area contributed by atoms with Crippen molar-refractivity contribution in [3.8, 4) is 0 Å². The largest absolute Gasteiger partial charge is 0.309 e. The summed E-state index contributed by atoms with van der Waals surface area (Å²) in [5, 5.41) is 2.95. The third-order valence-electron chi connectivity index (χ3n) is 4.31. The Morgan fingerprint density at radius 1 is 1.44 bits per heavy atom. The molecule has 1 aromatic heterocycles. The number of hydrogen-bond acceptors (Lipinski definition) is 3. The van der Waals surface area contributed by atoms with Gasteiger partial charge in [-0.25, -0.2) is 4.98 Å². The molecular formula is C14H19N3O. The van der Waals surface area contributed by atoms with Gasteiger partial charge in [0, 0.05) is 11.7 Å². The van der Waals surface area contributed by atoms with E-state index in [0.717, 1.165) is 5.69 Å². The van der Waals surface area contributed by atoms with Crippen molar-refractivity contribution < 1.29 is 4.79 Å². The molecule has 2 fully saturated rings. The summed E-state index contributed by atoms with van der Waals surface area (Å²) in [7, 11) is 2.07. The number of aryl methyl sites for hydroxylation is 1. The topological polar surface area (TPSA) is 45.2 Å². The number of carbonyl (C=O) groups is 1. The van der Waals surface area contributed by atoms with Crippen LogP contribution in [0.5, 0.6) is 0 Å². The fourth-order valence-electron chi connectivity index (χ4n) is 3.42. The van der Waals surface area contributed by atoms with Crippen molar-refractivity contribution in [2.75, 3.05) is 12.4 Å². The Kier molecular flexibility index (Phi) is 2.82. The first-order valence-electron chi connectivity index (χ1n) is 6.61. The standard InChI is InChI=1S/C14H19N3O/c1-9-4-3-5-12(15-9)16-14(18)13-10-6-7-11(8-10)17(13)2/h3-5,10-11,13H,6-8H2,1-2H3,(H,15,16,18). The Balaban J connectivity index is 1.72. The van der Waals surface area contributed by atoms with Crippen molar-refractivity contribution in [3.63, 3.8) is 0 Å². The van der Waals surface area contributed by atoms with Gasteiger partial charge in [0.1, 0.15) is 5.82 Å². The lowest BCUT2D eigenvalue weighted by molar-refractivity contribution is -0.122. The van der Waals surface area contributed by atoms with Gasteiger partial charge < -0.3 is 5.32 Å². The Bertz CT molecular complexity index is 472. The van der Waals surface area contributed by atoms with Crippen molar-refractivity contribution in [1.29, 1.82) is 0 Å². The highest BCUT2D eigenvalue weighted by Crippen LogP contribution is 2.41. The highest BCUT2D eigenvalue weighted by molar-refractivity contribution is 5.94. The second kappa shape index (κ2) is 4.35. The minimum absolute atomic E-state index is 0.0334. The quantitative estimate of drug-likeness (QED) is 0.864. The Morgan fingerprint density at radius 3 is 2.94 bits per heavy atom. The highest BCUT2D eigenvalue weighted by Gasteiger charge is 2.47. The third kappa shape index (κ3) is 1.90. The maximum atomic E-state index is 12.3. The lowest BCUT2D eigenvalue weighted by Crippen LogP contribution is -2.45. The number of carbonyl (C=O) groups excluding carboxylic acids is 1. The van der Waals surface area contributed by atoms with E-state index in [1.165, 1.54) is 19.3 Å². The van der Waals surface area contributed by atoms with E-state index >= 15 is 0 Å². The van der Waals surface area contributed by atoms with Gasteiger partial charge in [-0.05, 0) is 51.3 Å². The fourth-order valence-corrected chi connectivity index (χ4v) is 3.42. The van der Waals surface area contributed by atoms with Crippen LogP contribution >= 0.6 is 0 Å². The van der Waals surface area contributed by atoms with Crippen LogP contribution in [0.2, 0.25) is 0 Å². The molecule has 1 saturated heterocycles. The van der Waals surface area contributed by atoms with Crippen LogP contribution in [-0.4, -0.2) is 34.9 Å². The molecule has 2 heterocycles. The summed E-state index contributed by atoms with van der Waals surface area (Å²) in [5.74, 6) is 1.30. The van der Waals surface area contributed by atoms with Crippen LogP contribution in [0.3, 0.4) is 0 Å². The number of aromatic nitrogens is 1. The molecule has 2 bridgehead atoms. The maximum absolute atomic E-state index is 12.3. The zero-order valence-corrected chi connectivity index (χ0v) is 10.9. The molecule has 1 aliphatic heterocycles. The van der Waals surface area contributed by atoms with E-state index < -0.39 is 0 Å². The van der Waals surface area contributed by atoms with Gasteiger partial charge in [-0.2, -0.15) is 0 Å². The molecule has 3 rings (SSSR count). The minimum Gasteiger partial charge on any atom is -0.309 e. The van der Waals surface area contributed by atoms with E-state index in [0.29, 0.717) is 17.8 Å². The average molecular weight is 245 g/mol. The Morgan fingerprint density at radius 2 is 2.28 bits per heavy atom. The summed E-state index contributed by atoms with van der Waals surface area (Å²) in [6, 6.07) is 6.34. The predicted molar refractivity (Wildman–Crippen MR) is 70.3 cm³/mol. The average Bonchev–Trinajstić information content (AvgIpc) is 2.89. The summed E-state index contributed by atoms with van der Waals surface area (Å²) in [6.45, 7) is 1.93. The van der Waals surface area contributed by atoms with Crippen LogP contribution in [-0.2, 0) is 4.79 Å². The lowest BCUT2D eigenvalue weighted by Gasteiger charge is -2.30. The number of anilines is 1. The van der Waals surface area contributed by atoms with Gasteiger partial charge in [0.05, 0.1) is 6.04 Å². The van der Waals surface area contributed by atoms with Gasteiger partial charge >= 0.3 is 0 Å². The second-order valence-corrected chi connectivity index (χ2v) is 5.49. The van der Waals surface area contributed by atoms with Crippen molar-refractivity contribution in [3.05, 3.63) is 23.9 Å². The number of nitrogens with zero attached hydrogens (tertiary/aromatic N) is 2. The molecule has 1 aliphatic carbocycles. The molecular weight excluding hydrogens is 226 g/mol. The minimum atomic E-state index is 0.0334. The SMILES string of the molecule is Cc1cccc(NC(=O)C2C3CCC(C3)N2C)n1. The molecule has 3 atom stereocenters. The van der Waals surface area contributed by atoms with Crippen LogP contribution in [0, 0.1) is 12.8 Å². The van der Waals surface area contributed by atoms with Gasteiger partial charge in [0.25, 0.3) is 0 Å². The molecule has 0 radical (unpaired) electrons. The number of pyridine rings is 1. The lowest BCUT2D eigenvalue weighted by atomic mass is 9.98. The zero-order chi connectivity index (χ0) is 12.7. The number of nitrogens with one attached hydrogen (secondary N) is 1. The van der Waals surface area contributed by atoms with Crippen molar-refractivity contribution in [2.45, 2.75) is 38.3 Å². The Hall–Kier alpha value is -1.42. The molecule has 4 nitrogen and oxygen atoms in total. The van der Waals surface area contributed by atoms with Crippen LogP contribution in [0.4, 0.5) is 5.82 Å². The monoisotopic (exact) mass is 245 g/mol. The molecule has 2 aliphatic rings. The maximum Gasteiger partial charge on any atom is 0.243 e. The smallest absolute Gasteiger partial charge is 0.243 e. The number of piperidine rings is 1. The molecule has 1 N–H and O–H groups in total. The molecule has 1 aromatic rings. The van der Waals surface area contributed by atoms with Gasteiger partial charge in [-0.1, -0.05) is 6.07 Å². The van der Waals surface area contributed by atoms with E-state index in [4.69, 9.17) is 0 Å². The van der Waals surface area contributed by atoms with Crippen LogP contribution in [0.15, 0.2) is 18.2 Å². The third-order valence-corrected chi connectivity index (χ3v) is 4.31. The van der Waals surface area contributed by atoms with Crippen LogP contribution in [0.1, 0.15) is 25.0 Å². The first kappa shape index (κ1) is 11.7. The van der Waals surface area contributed by atoms with Crippen molar-refractivity contribution >= 4 is 11.7 Å². The first-order chi connectivity index (χ1) is 8.65. The molecule has 3 unspecified atom stereocenters. The number of amides is 1. The van der Waals surface area contributed by atoms with Crippen molar-refractivity contribution in [2.24, 2.45) is 5.92 Å². The number of fused-ring (bicyclic) bond motifs is 2. The molecule has 1 amide bonds. The second-order valence-electron chi connectivity index (χ2n) is 5.49.